The van der Waals surface area contributed by atoms with E-state index in [1.165, 1.54) is 10.6 Å². The fourth-order valence-corrected chi connectivity index (χ4v) is 4.94. The molecule has 0 saturated heterocycles. The lowest BCUT2D eigenvalue weighted by molar-refractivity contribution is -0.121. The van der Waals surface area contributed by atoms with E-state index in [-0.39, 0.29) is 23.7 Å². The molecule has 0 atom stereocenters. The van der Waals surface area contributed by atoms with Crippen molar-refractivity contribution in [2.45, 2.75) is 44.5 Å². The van der Waals surface area contributed by atoms with Crippen LogP contribution in [0, 0.1) is 20.8 Å². The number of hydrogen-bond acceptors (Lipinski definition) is 6. The minimum absolute atomic E-state index is 0.220. The Bertz CT molecular complexity index is 1320. The molecule has 0 aliphatic heterocycles. The summed E-state index contributed by atoms with van der Waals surface area (Å²) >= 11 is 0. The van der Waals surface area contributed by atoms with Crippen LogP contribution in [0.5, 0.6) is 0 Å². The number of benzene rings is 1. The topological polar surface area (TPSA) is 124 Å². The number of carbonyl (C=O) groups excluding carboxylic acids is 1. The van der Waals surface area contributed by atoms with Crippen LogP contribution in [0.15, 0.2) is 58.2 Å². The highest BCUT2D eigenvalue weighted by Crippen LogP contribution is 2.21. The highest BCUT2D eigenvalue weighted by molar-refractivity contribution is 7.90. The number of nitrogens with zero attached hydrogens (tertiary/aromatic N) is 2. The van der Waals surface area contributed by atoms with E-state index in [4.69, 9.17) is 5.73 Å². The Morgan fingerprint density at radius 3 is 2.44 bits per heavy atom. The molecule has 2 aromatic heterocycles. The number of anilines is 1. The summed E-state index contributed by atoms with van der Waals surface area (Å²) < 4.78 is 26.9. The number of aryl methyl sites for hydroxylation is 3. The molecule has 9 heteroatoms. The molecule has 0 aliphatic carbocycles. The van der Waals surface area contributed by atoms with Crippen LogP contribution in [0.1, 0.15) is 28.2 Å². The zero-order valence-electron chi connectivity index (χ0n) is 18.3. The number of carbonyl (C=O) groups is 1. The molecule has 0 aliphatic rings. The van der Waals surface area contributed by atoms with Crippen molar-refractivity contribution in [3.63, 3.8) is 0 Å². The van der Waals surface area contributed by atoms with Crippen molar-refractivity contribution in [1.29, 1.82) is 0 Å². The lowest BCUT2D eigenvalue weighted by atomic mass is 10.2. The van der Waals surface area contributed by atoms with Crippen LogP contribution in [0.25, 0.3) is 0 Å². The third-order valence-electron chi connectivity index (χ3n) is 5.15. The molecule has 2 heterocycles. The van der Waals surface area contributed by atoms with Gasteiger partial charge in [0, 0.05) is 23.6 Å². The smallest absolute Gasteiger partial charge is 0.275 e. The number of amides is 1. The maximum Gasteiger partial charge on any atom is 0.275 e. The monoisotopic (exact) mass is 454 g/mol. The summed E-state index contributed by atoms with van der Waals surface area (Å²) in [4.78, 5) is 29.4. The number of pyridine rings is 2. The average Bonchev–Trinajstić information content (AvgIpc) is 2.73. The third kappa shape index (κ3) is 5.23. The number of nitrogen functional groups attached to an aromatic ring is 1. The number of hydrogen-bond donors (Lipinski definition) is 2. The lowest BCUT2D eigenvalue weighted by Crippen LogP contribution is -2.35. The first-order valence-electron chi connectivity index (χ1n) is 10.0. The molecule has 0 unspecified atom stereocenters. The SMILES string of the molecule is Cc1ccc(CNC(=O)Cn2c(C)cc(S(=O)(=O)Cc3ccccc3)c(N)c2=O)c(C)n1. The second-order valence-corrected chi connectivity index (χ2v) is 9.63. The Morgan fingerprint density at radius 2 is 1.78 bits per heavy atom. The van der Waals surface area contributed by atoms with Gasteiger partial charge in [-0.15, -0.1) is 0 Å². The van der Waals surface area contributed by atoms with Gasteiger partial charge in [-0.25, -0.2) is 8.42 Å². The first kappa shape index (κ1) is 23.2. The molecule has 0 spiro atoms. The van der Waals surface area contributed by atoms with Crippen molar-refractivity contribution in [3.8, 4) is 0 Å². The normalized spacial score (nSPS) is 11.3. The Hall–Kier alpha value is -3.46. The molecule has 0 bridgehead atoms. The first-order chi connectivity index (χ1) is 15.1. The van der Waals surface area contributed by atoms with Gasteiger partial charge in [-0.1, -0.05) is 36.4 Å². The van der Waals surface area contributed by atoms with Gasteiger partial charge in [0.25, 0.3) is 5.56 Å². The molecule has 32 heavy (non-hydrogen) atoms. The van der Waals surface area contributed by atoms with Crippen molar-refractivity contribution in [2.75, 3.05) is 5.73 Å². The van der Waals surface area contributed by atoms with Gasteiger partial charge in [0.05, 0.1) is 10.6 Å². The first-order valence-corrected chi connectivity index (χ1v) is 11.7. The van der Waals surface area contributed by atoms with E-state index in [1.54, 1.807) is 37.3 Å². The Morgan fingerprint density at radius 1 is 1.09 bits per heavy atom. The number of rotatable bonds is 7. The highest BCUT2D eigenvalue weighted by atomic mass is 32.2. The fraction of sp³-hybridized carbons (Fsp3) is 0.261. The Balaban J connectivity index is 1.79. The fourth-order valence-electron chi connectivity index (χ4n) is 3.38. The average molecular weight is 455 g/mol. The van der Waals surface area contributed by atoms with E-state index in [2.05, 4.69) is 10.3 Å². The minimum Gasteiger partial charge on any atom is -0.393 e. The summed E-state index contributed by atoms with van der Waals surface area (Å²) in [7, 11) is -3.83. The molecule has 1 aromatic carbocycles. The van der Waals surface area contributed by atoms with Crippen LogP contribution in [0.3, 0.4) is 0 Å². The van der Waals surface area contributed by atoms with Gasteiger partial charge in [-0.3, -0.25) is 14.6 Å². The summed E-state index contributed by atoms with van der Waals surface area (Å²) in [5.41, 5.74) is 8.31. The van der Waals surface area contributed by atoms with Gasteiger partial charge in [-0.2, -0.15) is 0 Å². The lowest BCUT2D eigenvalue weighted by Gasteiger charge is -2.15. The molecule has 3 N–H and O–H groups in total. The van der Waals surface area contributed by atoms with Crippen molar-refractivity contribution >= 4 is 21.4 Å². The molecular weight excluding hydrogens is 428 g/mol. The van der Waals surface area contributed by atoms with Gasteiger partial charge >= 0.3 is 0 Å². The number of sulfone groups is 1. The highest BCUT2D eigenvalue weighted by Gasteiger charge is 2.23. The van der Waals surface area contributed by atoms with Crippen molar-refractivity contribution in [1.82, 2.24) is 14.9 Å². The molecular formula is C23H26N4O4S. The summed E-state index contributed by atoms with van der Waals surface area (Å²) in [6.45, 7) is 5.32. The van der Waals surface area contributed by atoms with Crippen molar-refractivity contribution in [3.05, 3.63) is 87.1 Å². The summed E-state index contributed by atoms with van der Waals surface area (Å²) in [6, 6.07) is 13.7. The van der Waals surface area contributed by atoms with Crippen LogP contribution >= 0.6 is 0 Å². The zero-order chi connectivity index (χ0) is 23.5. The molecule has 0 radical (unpaired) electrons. The van der Waals surface area contributed by atoms with Gasteiger partial charge in [-0.05, 0) is 44.0 Å². The quantitative estimate of drug-likeness (QED) is 0.563. The van der Waals surface area contributed by atoms with Gasteiger partial charge in [0.2, 0.25) is 5.91 Å². The van der Waals surface area contributed by atoms with Crippen molar-refractivity contribution in [2.24, 2.45) is 0 Å². The van der Waals surface area contributed by atoms with Crippen molar-refractivity contribution < 1.29 is 13.2 Å². The van der Waals surface area contributed by atoms with E-state index in [1.807, 2.05) is 26.0 Å². The van der Waals surface area contributed by atoms with Crippen LogP contribution in [-0.2, 0) is 33.5 Å². The molecule has 0 fully saturated rings. The minimum atomic E-state index is -3.83. The molecule has 1 amide bonds. The van der Waals surface area contributed by atoms with E-state index in [9.17, 15) is 18.0 Å². The van der Waals surface area contributed by atoms with E-state index in [0.717, 1.165) is 17.0 Å². The van der Waals surface area contributed by atoms with Gasteiger partial charge in [0.1, 0.15) is 12.2 Å². The predicted octanol–water partition coefficient (Wildman–Crippen LogP) is 2.04. The van der Waals surface area contributed by atoms with Crippen LogP contribution in [0.4, 0.5) is 5.69 Å². The number of nitrogens with one attached hydrogen (secondary N) is 1. The number of aromatic nitrogens is 2. The van der Waals surface area contributed by atoms with E-state index >= 15 is 0 Å². The third-order valence-corrected chi connectivity index (χ3v) is 6.87. The van der Waals surface area contributed by atoms with E-state index in [0.29, 0.717) is 11.3 Å². The van der Waals surface area contributed by atoms with Crippen LogP contribution in [-0.4, -0.2) is 23.9 Å². The van der Waals surface area contributed by atoms with Gasteiger partial charge < -0.3 is 15.6 Å². The maximum atomic E-state index is 12.9. The van der Waals surface area contributed by atoms with Gasteiger partial charge in [0.15, 0.2) is 9.84 Å². The Labute approximate surface area is 187 Å². The standard InChI is InChI=1S/C23H26N4O4S/c1-15-9-10-19(17(3)26-15)12-25-21(28)13-27-16(2)11-20(22(24)23(27)29)32(30,31)14-18-7-5-4-6-8-18/h4-11H,12-14,24H2,1-3H3,(H,25,28). The second-order valence-electron chi connectivity index (χ2n) is 7.67. The largest absolute Gasteiger partial charge is 0.393 e. The predicted molar refractivity (Wildman–Crippen MR) is 123 cm³/mol. The molecule has 3 rings (SSSR count). The maximum absolute atomic E-state index is 12.9. The molecule has 3 aromatic rings. The van der Waals surface area contributed by atoms with E-state index < -0.39 is 27.0 Å². The summed E-state index contributed by atoms with van der Waals surface area (Å²) in [6.07, 6.45) is 0. The Kier molecular flexibility index (Phi) is 6.78. The van der Waals surface area contributed by atoms with Crippen LogP contribution in [0.2, 0.25) is 0 Å². The van der Waals surface area contributed by atoms with Crippen LogP contribution < -0.4 is 16.6 Å². The molecule has 8 nitrogen and oxygen atoms in total. The molecule has 0 saturated carbocycles. The second kappa shape index (κ2) is 9.35. The molecule has 168 valence electrons. The summed E-state index contributed by atoms with van der Waals surface area (Å²) in [5, 5.41) is 2.76. The summed E-state index contributed by atoms with van der Waals surface area (Å²) in [5.74, 6) is -0.666. The zero-order valence-corrected chi connectivity index (χ0v) is 19.1. The number of nitrogens with two attached hydrogens (primary N) is 1.